The molecule has 30 heavy (non-hydrogen) atoms. The van der Waals surface area contributed by atoms with Crippen LogP contribution in [0.25, 0.3) is 0 Å². The molecule has 5 nitrogen and oxygen atoms in total. The zero-order valence-corrected chi connectivity index (χ0v) is 17.8. The molecule has 2 aliphatic rings. The molecule has 1 saturated carbocycles. The lowest BCUT2D eigenvalue weighted by atomic mass is 9.86. The van der Waals surface area contributed by atoms with Crippen LogP contribution in [0.5, 0.6) is 11.6 Å². The molecule has 2 heterocycles. The molecule has 2 fully saturated rings. The number of hydrogen-bond acceptors (Lipinski definition) is 4. The third-order valence-electron chi connectivity index (χ3n) is 6.68. The predicted octanol–water partition coefficient (Wildman–Crippen LogP) is 5.12. The second kappa shape index (κ2) is 10.1. The summed E-state index contributed by atoms with van der Waals surface area (Å²) in [5.41, 5.74) is 7.02. The first-order valence-electron chi connectivity index (χ1n) is 11.4. The van der Waals surface area contributed by atoms with E-state index in [-0.39, 0.29) is 0 Å². The van der Waals surface area contributed by atoms with E-state index < -0.39 is 5.91 Å². The number of hydrogen-bond donors (Lipinski definition) is 1. The standard InChI is InChI=1S/C25H33N3O2/c26-25(29)21-10-13-24(27-17-21)30-23-11-8-20(9-12-23)22-7-4-15-28(18-22)16-14-19-5-2-1-3-6-19/h8-13,17,19,22H,1-7,14-16,18H2,(H2,26,29). The summed E-state index contributed by atoms with van der Waals surface area (Å²) in [6, 6.07) is 11.7. The van der Waals surface area contributed by atoms with Crippen molar-refractivity contribution in [3.05, 3.63) is 53.7 Å². The molecule has 1 amide bonds. The molecule has 1 unspecified atom stereocenters. The highest BCUT2D eigenvalue weighted by molar-refractivity contribution is 5.92. The summed E-state index contributed by atoms with van der Waals surface area (Å²) in [6.45, 7) is 3.68. The van der Waals surface area contributed by atoms with Crippen LogP contribution in [0.1, 0.15) is 73.2 Å². The van der Waals surface area contributed by atoms with Gasteiger partial charge in [0.05, 0.1) is 5.56 Å². The van der Waals surface area contributed by atoms with Gasteiger partial charge in [-0.15, -0.1) is 0 Å². The number of piperidine rings is 1. The van der Waals surface area contributed by atoms with Crippen LogP contribution in [0.4, 0.5) is 0 Å². The first kappa shape index (κ1) is 20.9. The summed E-state index contributed by atoms with van der Waals surface area (Å²) < 4.78 is 5.81. The molecule has 0 radical (unpaired) electrons. The maximum Gasteiger partial charge on any atom is 0.250 e. The van der Waals surface area contributed by atoms with Crippen LogP contribution < -0.4 is 10.5 Å². The van der Waals surface area contributed by atoms with E-state index in [0.29, 0.717) is 17.4 Å². The maximum atomic E-state index is 11.1. The topological polar surface area (TPSA) is 68.5 Å². The van der Waals surface area contributed by atoms with E-state index in [1.165, 1.54) is 82.8 Å². The molecular weight excluding hydrogens is 374 g/mol. The minimum absolute atomic E-state index is 0.378. The highest BCUT2D eigenvalue weighted by Gasteiger charge is 2.22. The fraction of sp³-hybridized carbons (Fsp3) is 0.520. The number of rotatable bonds is 7. The predicted molar refractivity (Wildman–Crippen MR) is 119 cm³/mol. The largest absolute Gasteiger partial charge is 0.439 e. The molecular formula is C25H33N3O2. The van der Waals surface area contributed by atoms with Gasteiger partial charge in [-0.1, -0.05) is 44.2 Å². The fourth-order valence-corrected chi connectivity index (χ4v) is 4.89. The molecule has 5 heteroatoms. The number of carbonyl (C=O) groups is 1. The third kappa shape index (κ3) is 5.60. The Balaban J connectivity index is 1.29. The first-order chi connectivity index (χ1) is 14.7. The maximum absolute atomic E-state index is 11.1. The number of amides is 1. The van der Waals surface area contributed by atoms with E-state index in [1.54, 1.807) is 12.1 Å². The molecule has 1 aromatic carbocycles. The smallest absolute Gasteiger partial charge is 0.250 e. The average molecular weight is 408 g/mol. The lowest BCUT2D eigenvalue weighted by Crippen LogP contribution is -2.35. The van der Waals surface area contributed by atoms with Gasteiger partial charge in [0.1, 0.15) is 5.75 Å². The minimum atomic E-state index is -0.487. The number of ether oxygens (including phenoxy) is 1. The van der Waals surface area contributed by atoms with Crippen LogP contribution in [0.3, 0.4) is 0 Å². The van der Waals surface area contributed by atoms with Crippen molar-refractivity contribution in [1.82, 2.24) is 9.88 Å². The van der Waals surface area contributed by atoms with Crippen molar-refractivity contribution < 1.29 is 9.53 Å². The van der Waals surface area contributed by atoms with Crippen LogP contribution in [0, 0.1) is 5.92 Å². The lowest BCUT2D eigenvalue weighted by molar-refractivity contribution is 0.1000. The number of nitrogens with zero attached hydrogens (tertiary/aromatic N) is 2. The Hall–Kier alpha value is -2.40. The van der Waals surface area contributed by atoms with Crippen molar-refractivity contribution in [2.45, 2.75) is 57.3 Å². The van der Waals surface area contributed by atoms with E-state index in [0.717, 1.165) is 11.7 Å². The summed E-state index contributed by atoms with van der Waals surface area (Å²) in [5.74, 6) is 2.29. The van der Waals surface area contributed by atoms with Gasteiger partial charge in [0.15, 0.2) is 0 Å². The number of carbonyl (C=O) groups excluding carboxylic acids is 1. The summed E-state index contributed by atoms with van der Waals surface area (Å²) in [7, 11) is 0. The van der Waals surface area contributed by atoms with E-state index in [9.17, 15) is 4.79 Å². The monoisotopic (exact) mass is 407 g/mol. The van der Waals surface area contributed by atoms with E-state index in [1.807, 2.05) is 12.1 Å². The zero-order chi connectivity index (χ0) is 20.8. The lowest BCUT2D eigenvalue weighted by Gasteiger charge is -2.34. The van der Waals surface area contributed by atoms with Gasteiger partial charge in [0, 0.05) is 18.8 Å². The Morgan fingerprint density at radius 2 is 1.83 bits per heavy atom. The van der Waals surface area contributed by atoms with Crippen molar-refractivity contribution in [3.63, 3.8) is 0 Å². The molecule has 2 N–H and O–H groups in total. The van der Waals surface area contributed by atoms with Gasteiger partial charge in [-0.25, -0.2) is 4.98 Å². The molecule has 1 atom stereocenters. The van der Waals surface area contributed by atoms with Gasteiger partial charge in [-0.3, -0.25) is 4.79 Å². The Kier molecular flexibility index (Phi) is 7.00. The van der Waals surface area contributed by atoms with Crippen LogP contribution in [-0.4, -0.2) is 35.4 Å². The van der Waals surface area contributed by atoms with Gasteiger partial charge in [-0.05, 0) is 68.0 Å². The van der Waals surface area contributed by atoms with Crippen molar-refractivity contribution in [2.24, 2.45) is 11.7 Å². The number of nitrogens with two attached hydrogens (primary N) is 1. The van der Waals surface area contributed by atoms with E-state index >= 15 is 0 Å². The summed E-state index contributed by atoms with van der Waals surface area (Å²) in [4.78, 5) is 18.0. The van der Waals surface area contributed by atoms with Crippen LogP contribution in [0.2, 0.25) is 0 Å². The van der Waals surface area contributed by atoms with Gasteiger partial charge in [0.25, 0.3) is 0 Å². The SMILES string of the molecule is NC(=O)c1ccc(Oc2ccc(C3CCCN(CCC4CCCCC4)C3)cc2)nc1. The fourth-order valence-electron chi connectivity index (χ4n) is 4.89. The highest BCUT2D eigenvalue weighted by Crippen LogP contribution is 2.31. The Labute approximate surface area is 179 Å². The second-order valence-corrected chi connectivity index (χ2v) is 8.85. The molecule has 160 valence electrons. The van der Waals surface area contributed by atoms with Gasteiger partial charge in [-0.2, -0.15) is 0 Å². The molecule has 0 bridgehead atoms. The third-order valence-corrected chi connectivity index (χ3v) is 6.68. The van der Waals surface area contributed by atoms with Gasteiger partial charge >= 0.3 is 0 Å². The van der Waals surface area contributed by atoms with Crippen molar-refractivity contribution in [2.75, 3.05) is 19.6 Å². The van der Waals surface area contributed by atoms with Crippen molar-refractivity contribution in [3.8, 4) is 11.6 Å². The summed E-state index contributed by atoms with van der Waals surface area (Å²) in [6.07, 6.45) is 12.6. The van der Waals surface area contributed by atoms with Gasteiger partial charge < -0.3 is 15.4 Å². The van der Waals surface area contributed by atoms with Gasteiger partial charge in [0.2, 0.25) is 11.8 Å². The molecule has 0 spiro atoms. The minimum Gasteiger partial charge on any atom is -0.439 e. The van der Waals surface area contributed by atoms with Crippen LogP contribution >= 0.6 is 0 Å². The molecule has 1 saturated heterocycles. The molecule has 1 aromatic heterocycles. The number of aromatic nitrogens is 1. The average Bonchev–Trinajstić information content (AvgIpc) is 2.79. The van der Waals surface area contributed by atoms with Crippen LogP contribution in [0.15, 0.2) is 42.6 Å². The summed E-state index contributed by atoms with van der Waals surface area (Å²) >= 11 is 0. The van der Waals surface area contributed by atoms with Crippen LogP contribution in [-0.2, 0) is 0 Å². The van der Waals surface area contributed by atoms with Crippen molar-refractivity contribution in [1.29, 1.82) is 0 Å². The highest BCUT2D eigenvalue weighted by atomic mass is 16.5. The first-order valence-corrected chi connectivity index (χ1v) is 11.4. The Bertz CT molecular complexity index is 813. The van der Waals surface area contributed by atoms with E-state index in [2.05, 4.69) is 22.0 Å². The number of likely N-dealkylation sites (tertiary alicyclic amines) is 1. The molecule has 1 aliphatic heterocycles. The number of primary amides is 1. The second-order valence-electron chi connectivity index (χ2n) is 8.85. The quantitative estimate of drug-likeness (QED) is 0.691. The van der Waals surface area contributed by atoms with Crippen molar-refractivity contribution >= 4 is 5.91 Å². The Morgan fingerprint density at radius 1 is 1.03 bits per heavy atom. The number of benzene rings is 1. The zero-order valence-electron chi connectivity index (χ0n) is 17.8. The normalized spacial score (nSPS) is 20.7. The molecule has 4 rings (SSSR count). The molecule has 2 aromatic rings. The van der Waals surface area contributed by atoms with E-state index in [4.69, 9.17) is 10.5 Å². The Morgan fingerprint density at radius 3 is 2.53 bits per heavy atom. The summed E-state index contributed by atoms with van der Waals surface area (Å²) in [5, 5.41) is 0. The number of pyridine rings is 1. The molecule has 1 aliphatic carbocycles.